The zero-order valence-corrected chi connectivity index (χ0v) is 16.5. The number of rotatable bonds is 5. The highest BCUT2D eigenvalue weighted by molar-refractivity contribution is 5.93. The van der Waals surface area contributed by atoms with Crippen molar-refractivity contribution in [1.82, 2.24) is 20.0 Å². The van der Waals surface area contributed by atoms with Gasteiger partial charge >= 0.3 is 6.18 Å². The summed E-state index contributed by atoms with van der Waals surface area (Å²) in [4.78, 5) is 38.2. The Morgan fingerprint density at radius 3 is 2.43 bits per heavy atom. The number of nitrogens with zero attached hydrogens (tertiary/aromatic N) is 2. The fourth-order valence-electron chi connectivity index (χ4n) is 3.80. The number of alkyl halides is 3. The van der Waals surface area contributed by atoms with Crippen molar-refractivity contribution in [2.75, 3.05) is 6.54 Å². The molecule has 28 heavy (non-hydrogen) atoms. The Bertz CT molecular complexity index is 776. The van der Waals surface area contributed by atoms with Crippen LogP contribution in [0.25, 0.3) is 0 Å². The van der Waals surface area contributed by atoms with Gasteiger partial charge in [0.2, 0.25) is 5.91 Å². The molecule has 2 atom stereocenters. The van der Waals surface area contributed by atoms with E-state index in [4.69, 9.17) is 0 Å². The van der Waals surface area contributed by atoms with Gasteiger partial charge in [-0.15, -0.1) is 0 Å². The second-order valence-corrected chi connectivity index (χ2v) is 8.31. The van der Waals surface area contributed by atoms with Crippen molar-refractivity contribution in [3.63, 3.8) is 0 Å². The van der Waals surface area contributed by atoms with Gasteiger partial charge in [-0.3, -0.25) is 24.2 Å². The zero-order valence-electron chi connectivity index (χ0n) is 16.5. The molecule has 1 aliphatic rings. The normalized spacial score (nSPS) is 20.5. The van der Waals surface area contributed by atoms with E-state index in [2.05, 4.69) is 10.4 Å². The van der Waals surface area contributed by atoms with E-state index in [-0.39, 0.29) is 47.5 Å². The van der Waals surface area contributed by atoms with Gasteiger partial charge in [-0.1, -0.05) is 20.8 Å². The third-order valence-electron chi connectivity index (χ3n) is 4.88. The van der Waals surface area contributed by atoms with Crippen molar-refractivity contribution in [2.24, 2.45) is 12.5 Å². The number of carbonyl (C=O) groups excluding carboxylic acids is 2. The van der Waals surface area contributed by atoms with Crippen LogP contribution in [0.3, 0.4) is 0 Å². The Kier molecular flexibility index (Phi) is 6.30. The quantitative estimate of drug-likeness (QED) is 0.789. The minimum Gasteiger partial charge on any atom is -0.351 e. The largest absolute Gasteiger partial charge is 0.389 e. The molecule has 1 fully saturated rings. The number of nitrogens with one attached hydrogen (secondary N) is 2. The van der Waals surface area contributed by atoms with Gasteiger partial charge in [0, 0.05) is 32.5 Å². The van der Waals surface area contributed by atoms with Crippen LogP contribution in [0.15, 0.2) is 10.9 Å². The Morgan fingerprint density at radius 1 is 1.29 bits per heavy atom. The van der Waals surface area contributed by atoms with E-state index in [1.807, 2.05) is 20.8 Å². The molecule has 0 radical (unpaired) electrons. The van der Waals surface area contributed by atoms with Crippen LogP contribution in [0.5, 0.6) is 0 Å². The summed E-state index contributed by atoms with van der Waals surface area (Å²) in [6.45, 7) is 6.18. The standard InChI is InChI=1S/C18H27F3N4O3/c1-17(2,3)15-11(22-13(26)6-5-8-18(19,20)21)7-9-25(15)16(28)12-10-14(27)23-24(12)4/h10-11,15H,5-9H2,1-4H3,(H,22,26)(H,23,27)/t11-,15-/m1/s1. The van der Waals surface area contributed by atoms with Crippen LogP contribution in [0, 0.1) is 5.41 Å². The van der Waals surface area contributed by atoms with Gasteiger partial charge < -0.3 is 10.2 Å². The third kappa shape index (κ3) is 5.39. The summed E-state index contributed by atoms with van der Waals surface area (Å²) in [6, 6.07) is 0.514. The average Bonchev–Trinajstić information content (AvgIpc) is 3.08. The molecule has 1 aliphatic heterocycles. The van der Waals surface area contributed by atoms with Gasteiger partial charge in [-0.05, 0) is 18.3 Å². The van der Waals surface area contributed by atoms with Crippen LogP contribution in [0.2, 0.25) is 0 Å². The lowest BCUT2D eigenvalue weighted by Gasteiger charge is -2.38. The number of halogens is 3. The lowest BCUT2D eigenvalue weighted by atomic mass is 9.82. The molecule has 0 aromatic carbocycles. The molecule has 10 heteroatoms. The molecular weight excluding hydrogens is 377 g/mol. The van der Waals surface area contributed by atoms with Crippen LogP contribution in [0.4, 0.5) is 13.2 Å². The van der Waals surface area contributed by atoms with Crippen molar-refractivity contribution in [1.29, 1.82) is 0 Å². The monoisotopic (exact) mass is 404 g/mol. The molecule has 2 amide bonds. The lowest BCUT2D eigenvalue weighted by molar-refractivity contribution is -0.137. The summed E-state index contributed by atoms with van der Waals surface area (Å²) in [5, 5.41) is 5.30. The molecular formula is C18H27F3N4O3. The number of hydrogen-bond acceptors (Lipinski definition) is 3. The van der Waals surface area contributed by atoms with Gasteiger partial charge in [0.15, 0.2) is 0 Å². The first-order valence-electron chi connectivity index (χ1n) is 9.23. The van der Waals surface area contributed by atoms with Crippen LogP contribution in [-0.2, 0) is 11.8 Å². The molecule has 1 saturated heterocycles. The van der Waals surface area contributed by atoms with Crippen molar-refractivity contribution in [2.45, 2.75) is 64.7 Å². The molecule has 0 bridgehead atoms. The average molecular weight is 404 g/mol. The molecule has 0 saturated carbocycles. The Hall–Kier alpha value is -2.26. The first-order chi connectivity index (χ1) is 12.8. The fraction of sp³-hybridized carbons (Fsp3) is 0.722. The number of H-pyrrole nitrogens is 1. The van der Waals surface area contributed by atoms with Gasteiger partial charge in [0.05, 0.1) is 12.1 Å². The zero-order chi connectivity index (χ0) is 21.3. The number of likely N-dealkylation sites (tertiary alicyclic amines) is 1. The van der Waals surface area contributed by atoms with Crippen molar-refractivity contribution >= 4 is 11.8 Å². The molecule has 7 nitrogen and oxygen atoms in total. The smallest absolute Gasteiger partial charge is 0.351 e. The predicted molar refractivity (Wildman–Crippen MR) is 96.8 cm³/mol. The molecule has 0 spiro atoms. The highest BCUT2D eigenvalue weighted by Crippen LogP contribution is 2.34. The fourth-order valence-corrected chi connectivity index (χ4v) is 3.80. The first kappa shape index (κ1) is 22.0. The molecule has 2 N–H and O–H groups in total. The van der Waals surface area contributed by atoms with Crippen molar-refractivity contribution in [3.8, 4) is 0 Å². The third-order valence-corrected chi connectivity index (χ3v) is 4.88. The van der Waals surface area contributed by atoms with Crippen LogP contribution >= 0.6 is 0 Å². The highest BCUT2D eigenvalue weighted by atomic mass is 19.4. The Labute approximate surface area is 161 Å². The van der Waals surface area contributed by atoms with E-state index >= 15 is 0 Å². The summed E-state index contributed by atoms with van der Waals surface area (Å²) in [6.07, 6.45) is -5.27. The van der Waals surface area contributed by atoms with E-state index in [0.717, 1.165) is 0 Å². The van der Waals surface area contributed by atoms with E-state index < -0.39 is 18.5 Å². The van der Waals surface area contributed by atoms with Gasteiger partial charge in [-0.2, -0.15) is 13.2 Å². The topological polar surface area (TPSA) is 87.2 Å². The molecule has 158 valence electrons. The SMILES string of the molecule is Cn1[nH]c(=O)cc1C(=O)N1CC[C@@H](NC(=O)CCCC(F)(F)F)[C@@H]1C(C)(C)C. The second kappa shape index (κ2) is 8.00. The second-order valence-electron chi connectivity index (χ2n) is 8.31. The summed E-state index contributed by atoms with van der Waals surface area (Å²) in [7, 11) is 1.57. The van der Waals surface area contributed by atoms with E-state index in [0.29, 0.717) is 13.0 Å². The maximum Gasteiger partial charge on any atom is 0.389 e. The number of aromatic nitrogens is 2. The Balaban J connectivity index is 2.10. The van der Waals surface area contributed by atoms with Crippen LogP contribution in [-0.4, -0.2) is 51.3 Å². The van der Waals surface area contributed by atoms with Crippen molar-refractivity contribution in [3.05, 3.63) is 22.1 Å². The van der Waals surface area contributed by atoms with E-state index in [9.17, 15) is 27.6 Å². The summed E-state index contributed by atoms with van der Waals surface area (Å²) in [5.41, 5.74) is -0.547. The van der Waals surface area contributed by atoms with E-state index in [1.54, 1.807) is 11.9 Å². The lowest BCUT2D eigenvalue weighted by Crippen LogP contribution is -2.53. The maximum absolute atomic E-state index is 13.0. The summed E-state index contributed by atoms with van der Waals surface area (Å²) >= 11 is 0. The molecule has 2 heterocycles. The number of aromatic amines is 1. The molecule has 0 unspecified atom stereocenters. The van der Waals surface area contributed by atoms with Crippen LogP contribution < -0.4 is 10.9 Å². The highest BCUT2D eigenvalue weighted by Gasteiger charge is 2.45. The predicted octanol–water partition coefficient (Wildman–Crippen LogP) is 2.19. The number of carbonyl (C=O) groups is 2. The Morgan fingerprint density at radius 2 is 1.93 bits per heavy atom. The minimum absolute atomic E-state index is 0.215. The summed E-state index contributed by atoms with van der Waals surface area (Å²) < 4.78 is 38.1. The minimum atomic E-state index is -4.28. The van der Waals surface area contributed by atoms with E-state index in [1.165, 1.54) is 10.7 Å². The maximum atomic E-state index is 13.0. The molecule has 1 aromatic rings. The molecule has 2 rings (SSSR count). The summed E-state index contributed by atoms with van der Waals surface area (Å²) in [5.74, 6) is -0.776. The number of aryl methyl sites for hydroxylation is 1. The molecule has 1 aromatic heterocycles. The number of amides is 2. The first-order valence-corrected chi connectivity index (χ1v) is 9.23. The molecule has 0 aliphatic carbocycles. The van der Waals surface area contributed by atoms with Gasteiger partial charge in [-0.25, -0.2) is 0 Å². The van der Waals surface area contributed by atoms with Gasteiger partial charge in [0.1, 0.15) is 5.69 Å². The number of hydrogen-bond donors (Lipinski definition) is 2. The van der Waals surface area contributed by atoms with Crippen molar-refractivity contribution < 1.29 is 22.8 Å². The van der Waals surface area contributed by atoms with Gasteiger partial charge in [0.25, 0.3) is 11.5 Å². The van der Waals surface area contributed by atoms with Crippen LogP contribution in [0.1, 0.15) is 56.9 Å².